The van der Waals surface area contributed by atoms with Crippen LogP contribution >= 0.6 is 0 Å². The van der Waals surface area contributed by atoms with Crippen molar-refractivity contribution in [1.82, 2.24) is 0 Å². The lowest BCUT2D eigenvalue weighted by Crippen LogP contribution is -2.37. The summed E-state index contributed by atoms with van der Waals surface area (Å²) in [6, 6.07) is 12.9. The average molecular weight is 368 g/mol. The lowest BCUT2D eigenvalue weighted by atomic mass is 10.1. The van der Waals surface area contributed by atoms with E-state index in [-0.39, 0.29) is 23.6 Å². The second kappa shape index (κ2) is 8.75. The number of hydrogen-bond donors (Lipinski definition) is 1. The standard InChI is InChI=1S/C20H20N2O5/c1-13(23)15-7-6-8-16(11-15)21-19(25)12-22(14(2)24)18-10-5-4-9-17(18)20(26)27-3/h4-11H,12H2,1-3H3,(H,21,25). The number of ketones is 1. The molecule has 140 valence electrons. The van der Waals surface area contributed by atoms with Crippen molar-refractivity contribution in [3.63, 3.8) is 0 Å². The van der Waals surface area contributed by atoms with Crippen molar-refractivity contribution in [2.45, 2.75) is 13.8 Å². The van der Waals surface area contributed by atoms with Crippen molar-refractivity contribution in [2.75, 3.05) is 23.9 Å². The van der Waals surface area contributed by atoms with Crippen molar-refractivity contribution in [1.29, 1.82) is 0 Å². The van der Waals surface area contributed by atoms with Gasteiger partial charge in [-0.05, 0) is 31.2 Å². The molecule has 0 unspecified atom stereocenters. The summed E-state index contributed by atoms with van der Waals surface area (Å²) in [6.45, 7) is 2.44. The van der Waals surface area contributed by atoms with Crippen LogP contribution in [-0.2, 0) is 14.3 Å². The SMILES string of the molecule is COC(=O)c1ccccc1N(CC(=O)Nc1cccc(C(C)=O)c1)C(C)=O. The van der Waals surface area contributed by atoms with Crippen LogP contribution in [0.25, 0.3) is 0 Å². The van der Waals surface area contributed by atoms with Gasteiger partial charge in [-0.1, -0.05) is 24.3 Å². The Bertz CT molecular complexity index is 891. The molecule has 0 atom stereocenters. The van der Waals surface area contributed by atoms with Gasteiger partial charge in [0.1, 0.15) is 6.54 Å². The Hall–Kier alpha value is -3.48. The zero-order chi connectivity index (χ0) is 20.0. The lowest BCUT2D eigenvalue weighted by molar-refractivity contribution is -0.120. The highest BCUT2D eigenvalue weighted by molar-refractivity contribution is 6.06. The molecule has 0 spiro atoms. The smallest absolute Gasteiger partial charge is 0.339 e. The Morgan fingerprint density at radius 1 is 1.00 bits per heavy atom. The minimum absolute atomic E-state index is 0.122. The molecule has 0 bridgehead atoms. The average Bonchev–Trinajstić information content (AvgIpc) is 2.65. The second-order valence-corrected chi connectivity index (χ2v) is 5.80. The van der Waals surface area contributed by atoms with E-state index in [1.165, 1.54) is 31.9 Å². The lowest BCUT2D eigenvalue weighted by Gasteiger charge is -2.22. The molecule has 0 aliphatic carbocycles. The first-order valence-electron chi connectivity index (χ1n) is 8.19. The molecule has 2 aromatic carbocycles. The maximum absolute atomic E-state index is 12.4. The zero-order valence-electron chi connectivity index (χ0n) is 15.3. The maximum atomic E-state index is 12.4. The van der Waals surface area contributed by atoms with Crippen molar-refractivity contribution in [3.8, 4) is 0 Å². The number of ether oxygens (including phenoxy) is 1. The van der Waals surface area contributed by atoms with Gasteiger partial charge in [-0.25, -0.2) is 4.79 Å². The fourth-order valence-corrected chi connectivity index (χ4v) is 2.52. The molecular formula is C20H20N2O5. The van der Waals surface area contributed by atoms with E-state index in [1.807, 2.05) is 0 Å². The number of carbonyl (C=O) groups excluding carboxylic acids is 4. The van der Waals surface area contributed by atoms with Crippen LogP contribution in [0.4, 0.5) is 11.4 Å². The molecule has 0 aliphatic heterocycles. The highest BCUT2D eigenvalue weighted by atomic mass is 16.5. The summed E-state index contributed by atoms with van der Waals surface area (Å²) in [5.41, 5.74) is 1.37. The molecule has 0 fully saturated rings. The van der Waals surface area contributed by atoms with Crippen LogP contribution in [0, 0.1) is 0 Å². The summed E-state index contributed by atoms with van der Waals surface area (Å²) in [4.78, 5) is 49.1. The van der Waals surface area contributed by atoms with Crippen LogP contribution in [0.2, 0.25) is 0 Å². The van der Waals surface area contributed by atoms with Gasteiger partial charge < -0.3 is 15.0 Å². The Morgan fingerprint density at radius 3 is 2.33 bits per heavy atom. The number of esters is 1. The Morgan fingerprint density at radius 2 is 1.70 bits per heavy atom. The van der Waals surface area contributed by atoms with Gasteiger partial charge in [0.25, 0.3) is 0 Å². The van der Waals surface area contributed by atoms with Gasteiger partial charge in [0.05, 0.1) is 18.4 Å². The van der Waals surface area contributed by atoms with E-state index in [4.69, 9.17) is 4.74 Å². The van der Waals surface area contributed by atoms with E-state index < -0.39 is 17.8 Å². The first kappa shape index (κ1) is 19.8. The summed E-state index contributed by atoms with van der Waals surface area (Å²) < 4.78 is 4.73. The number of para-hydroxylation sites is 1. The molecule has 27 heavy (non-hydrogen) atoms. The molecule has 2 rings (SSSR count). The van der Waals surface area contributed by atoms with E-state index >= 15 is 0 Å². The topological polar surface area (TPSA) is 92.8 Å². The number of nitrogens with zero attached hydrogens (tertiary/aromatic N) is 1. The highest BCUT2D eigenvalue weighted by Crippen LogP contribution is 2.22. The van der Waals surface area contributed by atoms with Crippen molar-refractivity contribution >= 4 is 34.9 Å². The van der Waals surface area contributed by atoms with Gasteiger partial charge in [-0.15, -0.1) is 0 Å². The zero-order valence-corrected chi connectivity index (χ0v) is 15.3. The molecule has 1 N–H and O–H groups in total. The van der Waals surface area contributed by atoms with Gasteiger partial charge in [-0.3, -0.25) is 14.4 Å². The molecule has 0 heterocycles. The number of rotatable bonds is 6. The molecule has 7 heteroatoms. The predicted octanol–water partition coefficient (Wildman–Crippen LogP) is 2.67. The minimum atomic E-state index is -0.605. The van der Waals surface area contributed by atoms with Crippen LogP contribution in [0.5, 0.6) is 0 Å². The Balaban J connectivity index is 2.23. The third-order valence-electron chi connectivity index (χ3n) is 3.83. The van der Waals surface area contributed by atoms with Crippen molar-refractivity contribution in [2.24, 2.45) is 0 Å². The van der Waals surface area contributed by atoms with Crippen LogP contribution < -0.4 is 10.2 Å². The monoisotopic (exact) mass is 368 g/mol. The second-order valence-electron chi connectivity index (χ2n) is 5.80. The number of Topliss-reactive ketones (excluding diaryl/α,β-unsaturated/α-hetero) is 1. The summed E-state index contributed by atoms with van der Waals surface area (Å²) in [5.74, 6) is -1.60. The first-order chi connectivity index (χ1) is 12.8. The largest absolute Gasteiger partial charge is 0.465 e. The molecule has 0 saturated heterocycles. The van der Waals surface area contributed by atoms with Gasteiger partial charge in [0.2, 0.25) is 11.8 Å². The molecule has 0 aliphatic rings. The predicted molar refractivity (Wildman–Crippen MR) is 101 cm³/mol. The Kier molecular flexibility index (Phi) is 6.43. The van der Waals surface area contributed by atoms with Gasteiger partial charge >= 0.3 is 5.97 Å². The normalized spacial score (nSPS) is 10.0. The molecule has 0 aromatic heterocycles. The molecule has 2 amide bonds. The van der Waals surface area contributed by atoms with E-state index in [2.05, 4.69) is 5.32 Å². The third-order valence-corrected chi connectivity index (χ3v) is 3.83. The number of carbonyl (C=O) groups is 4. The number of hydrogen-bond acceptors (Lipinski definition) is 5. The summed E-state index contributed by atoms with van der Waals surface area (Å²) in [5, 5.41) is 2.65. The van der Waals surface area contributed by atoms with Gasteiger partial charge in [-0.2, -0.15) is 0 Å². The molecule has 0 radical (unpaired) electrons. The fourth-order valence-electron chi connectivity index (χ4n) is 2.52. The first-order valence-corrected chi connectivity index (χ1v) is 8.19. The number of anilines is 2. The molecular weight excluding hydrogens is 348 g/mol. The highest BCUT2D eigenvalue weighted by Gasteiger charge is 2.22. The van der Waals surface area contributed by atoms with E-state index in [0.29, 0.717) is 11.3 Å². The third kappa shape index (κ3) is 5.01. The number of amides is 2. The minimum Gasteiger partial charge on any atom is -0.465 e. The maximum Gasteiger partial charge on any atom is 0.339 e. The van der Waals surface area contributed by atoms with E-state index in [1.54, 1.807) is 42.5 Å². The quantitative estimate of drug-likeness (QED) is 0.625. The summed E-state index contributed by atoms with van der Waals surface area (Å²) >= 11 is 0. The van der Waals surface area contributed by atoms with Crippen LogP contribution in [0.15, 0.2) is 48.5 Å². The number of methoxy groups -OCH3 is 1. The number of benzene rings is 2. The summed E-state index contributed by atoms with van der Waals surface area (Å²) in [6.07, 6.45) is 0. The Labute approximate surface area is 156 Å². The number of nitrogens with one attached hydrogen (secondary N) is 1. The van der Waals surface area contributed by atoms with Crippen molar-refractivity contribution in [3.05, 3.63) is 59.7 Å². The van der Waals surface area contributed by atoms with Crippen LogP contribution in [-0.4, -0.2) is 37.2 Å². The van der Waals surface area contributed by atoms with Crippen LogP contribution in [0.1, 0.15) is 34.6 Å². The van der Waals surface area contributed by atoms with E-state index in [9.17, 15) is 19.2 Å². The van der Waals surface area contributed by atoms with Gasteiger partial charge in [0, 0.05) is 18.2 Å². The van der Waals surface area contributed by atoms with Gasteiger partial charge in [0.15, 0.2) is 5.78 Å². The van der Waals surface area contributed by atoms with Crippen LogP contribution in [0.3, 0.4) is 0 Å². The van der Waals surface area contributed by atoms with Crippen molar-refractivity contribution < 1.29 is 23.9 Å². The molecule has 7 nitrogen and oxygen atoms in total. The molecule has 2 aromatic rings. The molecule has 0 saturated carbocycles. The summed E-state index contributed by atoms with van der Waals surface area (Å²) in [7, 11) is 1.24. The van der Waals surface area contributed by atoms with E-state index in [0.717, 1.165) is 0 Å². The fraction of sp³-hybridized carbons (Fsp3) is 0.200.